The quantitative estimate of drug-likeness (QED) is 0.310. The zero-order chi connectivity index (χ0) is 25.2. The maximum absolute atomic E-state index is 12.1. The van der Waals surface area contributed by atoms with E-state index in [0.29, 0.717) is 29.4 Å². The Balaban J connectivity index is 1.57. The van der Waals surface area contributed by atoms with E-state index in [1.165, 1.54) is 23.5 Å². The summed E-state index contributed by atoms with van der Waals surface area (Å²) in [4.78, 5) is 26.1. The number of fused-ring (bicyclic) bond motifs is 1. The molecule has 0 saturated carbocycles. The highest BCUT2D eigenvalue weighted by Gasteiger charge is 2.47. The van der Waals surface area contributed by atoms with Crippen molar-refractivity contribution in [2.45, 2.75) is 44.4 Å². The molecule has 4 N–H and O–H groups in total. The van der Waals surface area contributed by atoms with Gasteiger partial charge in [-0.05, 0) is 17.5 Å². The maximum atomic E-state index is 12.1. The van der Waals surface area contributed by atoms with Crippen LogP contribution in [0.1, 0.15) is 24.3 Å². The average molecular weight is 489 g/mol. The lowest BCUT2D eigenvalue weighted by Crippen LogP contribution is -2.41. The Hall–Kier alpha value is -3.86. The van der Waals surface area contributed by atoms with E-state index in [2.05, 4.69) is 22.5 Å². The maximum Gasteiger partial charge on any atom is 0.251 e. The summed E-state index contributed by atoms with van der Waals surface area (Å²) in [7, 11) is 1.44. The molecule has 0 spiro atoms. The molecule has 1 aliphatic heterocycles. The number of amides is 1. The number of aryl methyl sites for hydroxylation is 1. The standard InChI is InChI=1S/C26H28N6O4/c1-3-15-9-11-17(12-10-15)22-30-23(28-13-16-7-5-4-6-8-16)18-24(31-22)32(14-29-18)26-20(34)19(33)21(36-26)25(35)27-2/h4-12,14,19-21,26,33-34H,3,13H2,1-2H3,(H,27,35)(H,28,30,31)/t19-,20+,21-,26+/m0/s1. The molecular weight excluding hydrogens is 460 g/mol. The molecule has 1 aliphatic rings. The molecule has 0 bridgehead atoms. The number of aliphatic hydroxyl groups is 2. The molecule has 186 valence electrons. The van der Waals surface area contributed by atoms with E-state index < -0.39 is 30.4 Å². The molecule has 1 saturated heterocycles. The topological polar surface area (TPSA) is 134 Å². The van der Waals surface area contributed by atoms with E-state index in [9.17, 15) is 15.0 Å². The van der Waals surface area contributed by atoms with Gasteiger partial charge in [-0.3, -0.25) is 9.36 Å². The van der Waals surface area contributed by atoms with Crippen LogP contribution >= 0.6 is 0 Å². The highest BCUT2D eigenvalue weighted by molar-refractivity contribution is 5.85. The molecule has 2 aromatic heterocycles. The number of carbonyl (C=O) groups is 1. The smallest absolute Gasteiger partial charge is 0.251 e. The summed E-state index contributed by atoms with van der Waals surface area (Å²) in [6.45, 7) is 2.61. The highest BCUT2D eigenvalue weighted by atomic mass is 16.6. The van der Waals surface area contributed by atoms with Crippen LogP contribution in [0.25, 0.3) is 22.6 Å². The van der Waals surface area contributed by atoms with Gasteiger partial charge in [0.25, 0.3) is 5.91 Å². The monoisotopic (exact) mass is 488 g/mol. The van der Waals surface area contributed by atoms with Crippen LogP contribution in [0.2, 0.25) is 0 Å². The van der Waals surface area contributed by atoms with E-state index in [1.807, 2.05) is 54.6 Å². The molecule has 3 heterocycles. The van der Waals surface area contributed by atoms with Gasteiger partial charge in [-0.1, -0.05) is 61.5 Å². The van der Waals surface area contributed by atoms with Gasteiger partial charge in [-0.25, -0.2) is 15.0 Å². The Morgan fingerprint density at radius 1 is 1.03 bits per heavy atom. The Bertz CT molecular complexity index is 1360. The fourth-order valence-corrected chi connectivity index (χ4v) is 4.27. The van der Waals surface area contributed by atoms with Gasteiger partial charge < -0.3 is 25.6 Å². The number of nitrogens with one attached hydrogen (secondary N) is 2. The number of imidazole rings is 1. The van der Waals surface area contributed by atoms with Crippen LogP contribution in [0.15, 0.2) is 60.9 Å². The Kier molecular flexibility index (Phi) is 6.64. The lowest BCUT2D eigenvalue weighted by Gasteiger charge is -2.17. The van der Waals surface area contributed by atoms with E-state index in [0.717, 1.165) is 17.5 Å². The predicted molar refractivity (Wildman–Crippen MR) is 134 cm³/mol. The second kappa shape index (κ2) is 10.0. The normalized spacial score (nSPS) is 21.6. The number of hydrogen-bond acceptors (Lipinski definition) is 8. The van der Waals surface area contributed by atoms with Crippen molar-refractivity contribution >= 4 is 22.9 Å². The third kappa shape index (κ3) is 4.41. The zero-order valence-corrected chi connectivity index (χ0v) is 20.0. The second-order valence-corrected chi connectivity index (χ2v) is 8.65. The van der Waals surface area contributed by atoms with Gasteiger partial charge in [0.2, 0.25) is 0 Å². The molecule has 36 heavy (non-hydrogen) atoms. The molecule has 0 unspecified atom stereocenters. The van der Waals surface area contributed by atoms with Crippen molar-refractivity contribution in [3.8, 4) is 11.4 Å². The van der Waals surface area contributed by atoms with Crippen LogP contribution in [-0.2, 0) is 22.5 Å². The van der Waals surface area contributed by atoms with Crippen molar-refractivity contribution in [3.05, 3.63) is 72.1 Å². The fourth-order valence-electron chi connectivity index (χ4n) is 4.27. The van der Waals surface area contributed by atoms with Crippen molar-refractivity contribution in [2.24, 2.45) is 0 Å². The summed E-state index contributed by atoms with van der Waals surface area (Å²) in [5, 5.41) is 26.9. The van der Waals surface area contributed by atoms with Crippen molar-refractivity contribution in [2.75, 3.05) is 12.4 Å². The SMILES string of the molecule is CCc1ccc(-c2nc(NCc3ccccc3)c3ncn([C@@H]4O[C@H](C(=O)NC)[C@@H](O)[C@H]4O)c3n2)cc1. The third-order valence-corrected chi connectivity index (χ3v) is 6.36. The number of nitrogens with zero attached hydrogens (tertiary/aromatic N) is 4. The van der Waals surface area contributed by atoms with Crippen LogP contribution in [-0.4, -0.2) is 61.0 Å². The van der Waals surface area contributed by atoms with E-state index in [4.69, 9.17) is 14.7 Å². The molecule has 4 aromatic rings. The van der Waals surface area contributed by atoms with E-state index in [-0.39, 0.29) is 0 Å². The number of aliphatic hydroxyl groups excluding tert-OH is 2. The summed E-state index contributed by atoms with van der Waals surface area (Å²) in [5.41, 5.74) is 3.98. The Morgan fingerprint density at radius 2 is 1.78 bits per heavy atom. The van der Waals surface area contributed by atoms with Gasteiger partial charge in [-0.2, -0.15) is 0 Å². The lowest BCUT2D eigenvalue weighted by molar-refractivity contribution is -0.137. The van der Waals surface area contributed by atoms with Gasteiger partial charge in [0.15, 0.2) is 35.1 Å². The van der Waals surface area contributed by atoms with Crippen molar-refractivity contribution in [1.82, 2.24) is 24.8 Å². The van der Waals surface area contributed by atoms with Crippen LogP contribution in [0.3, 0.4) is 0 Å². The largest absolute Gasteiger partial charge is 0.387 e. The predicted octanol–water partition coefficient (Wildman–Crippen LogP) is 2.03. The average Bonchev–Trinajstić information content (AvgIpc) is 3.48. The molecule has 5 rings (SSSR count). The number of rotatable bonds is 7. The van der Waals surface area contributed by atoms with Crippen LogP contribution in [0.5, 0.6) is 0 Å². The molecule has 10 nitrogen and oxygen atoms in total. The number of aromatic nitrogens is 4. The summed E-state index contributed by atoms with van der Waals surface area (Å²) >= 11 is 0. The van der Waals surface area contributed by atoms with E-state index in [1.54, 1.807) is 0 Å². The molecule has 10 heteroatoms. The number of hydrogen-bond donors (Lipinski definition) is 4. The summed E-state index contributed by atoms with van der Waals surface area (Å²) in [6.07, 6.45) is -2.63. The molecule has 4 atom stereocenters. The second-order valence-electron chi connectivity index (χ2n) is 8.65. The molecule has 1 amide bonds. The Labute approximate surface area is 208 Å². The minimum Gasteiger partial charge on any atom is -0.387 e. The third-order valence-electron chi connectivity index (χ3n) is 6.36. The van der Waals surface area contributed by atoms with Crippen molar-refractivity contribution < 1.29 is 19.7 Å². The van der Waals surface area contributed by atoms with Crippen LogP contribution < -0.4 is 10.6 Å². The number of benzene rings is 2. The molecule has 0 radical (unpaired) electrons. The molecule has 0 aliphatic carbocycles. The highest BCUT2D eigenvalue weighted by Crippen LogP contribution is 2.33. The Morgan fingerprint density at radius 3 is 2.47 bits per heavy atom. The number of ether oxygens (including phenoxy) is 1. The first-order valence-corrected chi connectivity index (χ1v) is 11.8. The van der Waals surface area contributed by atoms with Gasteiger partial charge in [0, 0.05) is 19.2 Å². The van der Waals surface area contributed by atoms with Crippen LogP contribution in [0.4, 0.5) is 5.82 Å². The fraction of sp³-hybridized carbons (Fsp3) is 0.308. The van der Waals surface area contributed by atoms with Crippen LogP contribution in [0, 0.1) is 0 Å². The van der Waals surface area contributed by atoms with Gasteiger partial charge in [0.1, 0.15) is 12.2 Å². The number of anilines is 1. The summed E-state index contributed by atoms with van der Waals surface area (Å²) in [6, 6.07) is 17.9. The lowest BCUT2D eigenvalue weighted by atomic mass is 10.1. The van der Waals surface area contributed by atoms with Gasteiger partial charge in [-0.15, -0.1) is 0 Å². The van der Waals surface area contributed by atoms with Crippen molar-refractivity contribution in [3.63, 3.8) is 0 Å². The first-order valence-electron chi connectivity index (χ1n) is 11.8. The first kappa shape index (κ1) is 23.9. The molecular formula is C26H28N6O4. The van der Waals surface area contributed by atoms with E-state index >= 15 is 0 Å². The minimum absolute atomic E-state index is 0.406. The minimum atomic E-state index is -1.40. The first-order chi connectivity index (χ1) is 17.5. The van der Waals surface area contributed by atoms with Crippen molar-refractivity contribution in [1.29, 1.82) is 0 Å². The zero-order valence-electron chi connectivity index (χ0n) is 20.0. The van der Waals surface area contributed by atoms with Gasteiger partial charge >= 0.3 is 0 Å². The van der Waals surface area contributed by atoms with Gasteiger partial charge in [0.05, 0.1) is 6.33 Å². The molecule has 1 fully saturated rings. The molecule has 2 aromatic carbocycles. The summed E-state index contributed by atoms with van der Waals surface area (Å²) < 4.78 is 7.30. The number of likely N-dealkylation sites (N-methyl/N-ethyl adjacent to an activating group) is 1. The summed E-state index contributed by atoms with van der Waals surface area (Å²) in [5.74, 6) is 0.469. The number of carbonyl (C=O) groups excluding carboxylic acids is 1.